The fraction of sp³-hybridized carbons (Fsp3) is 0.400. The Kier molecular flexibility index (Phi) is 10.2. The van der Waals surface area contributed by atoms with E-state index in [1.807, 2.05) is 13.0 Å². The first-order valence-corrected chi connectivity index (χ1v) is 9.27. The van der Waals surface area contributed by atoms with Gasteiger partial charge in [-0.3, -0.25) is 14.5 Å². The van der Waals surface area contributed by atoms with Crippen LogP contribution in [-0.2, 0) is 11.3 Å². The van der Waals surface area contributed by atoms with Gasteiger partial charge in [0.25, 0.3) is 5.91 Å². The van der Waals surface area contributed by atoms with Gasteiger partial charge < -0.3 is 20.8 Å². The van der Waals surface area contributed by atoms with Gasteiger partial charge in [0.1, 0.15) is 12.0 Å². The number of nitrogens with one attached hydrogen (secondary N) is 2. The predicted octanol–water partition coefficient (Wildman–Crippen LogP) is 3.57. The van der Waals surface area contributed by atoms with Crippen molar-refractivity contribution >= 4 is 48.0 Å². The molecule has 1 fully saturated rings. The van der Waals surface area contributed by atoms with Crippen LogP contribution < -0.4 is 16.4 Å². The van der Waals surface area contributed by atoms with Gasteiger partial charge in [0, 0.05) is 11.4 Å². The number of carbonyl (C=O) groups excluding carboxylic acids is 2. The Morgan fingerprint density at radius 2 is 1.83 bits per heavy atom. The number of likely N-dealkylation sites (tertiary alicyclic amines) is 1. The van der Waals surface area contributed by atoms with Gasteiger partial charge in [0.05, 0.1) is 18.7 Å². The van der Waals surface area contributed by atoms with Gasteiger partial charge in [-0.1, -0.05) is 12.5 Å². The molecule has 0 saturated carbocycles. The Morgan fingerprint density at radius 1 is 1.10 bits per heavy atom. The zero-order chi connectivity index (χ0) is 19.2. The van der Waals surface area contributed by atoms with Crippen molar-refractivity contribution in [2.45, 2.75) is 32.7 Å². The van der Waals surface area contributed by atoms with Crippen LogP contribution in [0.1, 0.15) is 40.9 Å². The van der Waals surface area contributed by atoms with Crippen LogP contribution in [0.2, 0.25) is 0 Å². The summed E-state index contributed by atoms with van der Waals surface area (Å²) in [6.07, 6.45) is 4.91. The molecule has 160 valence electrons. The molecule has 9 heteroatoms. The van der Waals surface area contributed by atoms with Crippen molar-refractivity contribution < 1.29 is 14.0 Å². The number of nitrogens with two attached hydrogens (primary N) is 1. The van der Waals surface area contributed by atoms with Crippen molar-refractivity contribution in [2.75, 3.05) is 30.3 Å². The third-order valence-electron chi connectivity index (χ3n) is 4.70. The van der Waals surface area contributed by atoms with Gasteiger partial charge in [-0.2, -0.15) is 0 Å². The number of aryl methyl sites for hydroxylation is 1. The van der Waals surface area contributed by atoms with E-state index in [1.54, 1.807) is 18.2 Å². The van der Waals surface area contributed by atoms with E-state index in [-0.39, 0.29) is 43.2 Å². The molecule has 0 aliphatic carbocycles. The maximum atomic E-state index is 12.4. The number of hydrogen-bond donors (Lipinski definition) is 3. The SMILES string of the molecule is Cc1ccc(NC(=O)c2coc(CN)c2)cc1NC(=O)CN1CCCCC1.Cl.Cl. The van der Waals surface area contributed by atoms with Crippen molar-refractivity contribution in [1.29, 1.82) is 0 Å². The van der Waals surface area contributed by atoms with Gasteiger partial charge in [0.2, 0.25) is 5.91 Å². The van der Waals surface area contributed by atoms with Gasteiger partial charge in [-0.25, -0.2) is 0 Å². The second-order valence-electron chi connectivity index (χ2n) is 6.87. The van der Waals surface area contributed by atoms with E-state index in [2.05, 4.69) is 15.5 Å². The first-order valence-electron chi connectivity index (χ1n) is 9.27. The number of carbonyl (C=O) groups is 2. The summed E-state index contributed by atoms with van der Waals surface area (Å²) in [4.78, 5) is 26.9. The fourth-order valence-corrected chi connectivity index (χ4v) is 3.15. The minimum absolute atomic E-state index is 0. The zero-order valence-corrected chi connectivity index (χ0v) is 18.0. The van der Waals surface area contributed by atoms with Crippen molar-refractivity contribution in [1.82, 2.24) is 4.90 Å². The first-order chi connectivity index (χ1) is 13.0. The molecule has 1 aliphatic rings. The molecule has 29 heavy (non-hydrogen) atoms. The minimum atomic E-state index is -0.284. The molecule has 0 bridgehead atoms. The molecule has 1 aromatic carbocycles. The standard InChI is InChI=1S/C20H26N4O3.2ClH/c1-14-5-6-16(22-20(26)15-9-17(11-21)27-13-15)10-18(14)23-19(25)12-24-7-3-2-4-8-24;;/h5-6,9-10,13H,2-4,7-8,11-12,21H2,1H3,(H,22,26)(H,23,25);2*1H. The number of anilines is 2. The molecule has 0 atom stereocenters. The highest BCUT2D eigenvalue weighted by Gasteiger charge is 2.15. The molecule has 7 nitrogen and oxygen atoms in total. The summed E-state index contributed by atoms with van der Waals surface area (Å²) in [5.74, 6) is 0.230. The van der Waals surface area contributed by atoms with Crippen LogP contribution in [0, 0.1) is 6.92 Å². The van der Waals surface area contributed by atoms with Gasteiger partial charge >= 0.3 is 0 Å². The molecule has 0 spiro atoms. The first kappa shape index (κ1) is 25.0. The molecule has 1 aliphatic heterocycles. The molecular formula is C20H28Cl2N4O3. The average Bonchev–Trinajstić information content (AvgIpc) is 3.14. The number of furan rings is 1. The fourth-order valence-electron chi connectivity index (χ4n) is 3.15. The molecule has 3 rings (SSSR count). The van der Waals surface area contributed by atoms with Gasteiger partial charge in [-0.05, 0) is 56.6 Å². The summed E-state index contributed by atoms with van der Waals surface area (Å²) in [6, 6.07) is 7.06. The molecule has 2 aromatic rings. The summed E-state index contributed by atoms with van der Waals surface area (Å²) >= 11 is 0. The van der Waals surface area contributed by atoms with Crippen LogP contribution in [0.3, 0.4) is 0 Å². The van der Waals surface area contributed by atoms with E-state index in [1.165, 1.54) is 12.7 Å². The Labute approximate surface area is 183 Å². The van der Waals surface area contributed by atoms with Crippen LogP contribution in [-0.4, -0.2) is 36.3 Å². The van der Waals surface area contributed by atoms with E-state index < -0.39 is 0 Å². The Balaban J connectivity index is 0.00000210. The predicted molar refractivity (Wildman–Crippen MR) is 119 cm³/mol. The number of halogens is 2. The highest BCUT2D eigenvalue weighted by atomic mass is 35.5. The number of hydrogen-bond acceptors (Lipinski definition) is 5. The second-order valence-corrected chi connectivity index (χ2v) is 6.87. The van der Waals surface area contributed by atoms with Gasteiger partial charge in [0.15, 0.2) is 0 Å². The summed E-state index contributed by atoms with van der Waals surface area (Å²) in [6.45, 7) is 4.50. The van der Waals surface area contributed by atoms with E-state index in [4.69, 9.17) is 10.2 Å². The maximum absolute atomic E-state index is 12.4. The highest BCUT2D eigenvalue weighted by Crippen LogP contribution is 2.21. The van der Waals surface area contributed by atoms with E-state index >= 15 is 0 Å². The van der Waals surface area contributed by atoms with Crippen LogP contribution in [0.25, 0.3) is 0 Å². The number of rotatable bonds is 6. The lowest BCUT2D eigenvalue weighted by Gasteiger charge is -2.25. The minimum Gasteiger partial charge on any atom is -0.467 e. The smallest absolute Gasteiger partial charge is 0.258 e. The summed E-state index contributed by atoms with van der Waals surface area (Å²) in [5, 5.41) is 5.77. The van der Waals surface area contributed by atoms with E-state index in [0.29, 0.717) is 29.2 Å². The van der Waals surface area contributed by atoms with Gasteiger partial charge in [-0.15, -0.1) is 24.8 Å². The lowest BCUT2D eigenvalue weighted by atomic mass is 10.1. The number of piperidine rings is 1. The lowest BCUT2D eigenvalue weighted by Crippen LogP contribution is -2.36. The third-order valence-corrected chi connectivity index (χ3v) is 4.70. The lowest BCUT2D eigenvalue weighted by molar-refractivity contribution is -0.117. The summed E-state index contributed by atoms with van der Waals surface area (Å²) < 4.78 is 5.19. The summed E-state index contributed by atoms with van der Waals surface area (Å²) in [5.41, 5.74) is 8.15. The quantitative estimate of drug-likeness (QED) is 0.634. The average molecular weight is 443 g/mol. The molecule has 2 amide bonds. The summed E-state index contributed by atoms with van der Waals surface area (Å²) in [7, 11) is 0. The molecule has 1 aromatic heterocycles. The second kappa shape index (κ2) is 11.8. The van der Waals surface area contributed by atoms with E-state index in [9.17, 15) is 9.59 Å². The number of benzene rings is 1. The van der Waals surface area contributed by atoms with E-state index in [0.717, 1.165) is 31.5 Å². The molecule has 1 saturated heterocycles. The Hall–Kier alpha value is -2.06. The third kappa shape index (κ3) is 7.04. The van der Waals surface area contributed by atoms with Crippen LogP contribution in [0.5, 0.6) is 0 Å². The topological polar surface area (TPSA) is 101 Å². The molecule has 0 radical (unpaired) electrons. The van der Waals surface area contributed by atoms with Crippen molar-refractivity contribution in [3.05, 3.63) is 47.4 Å². The normalized spacial score (nSPS) is 13.7. The highest BCUT2D eigenvalue weighted by molar-refractivity contribution is 6.04. The Bertz CT molecular complexity index is 820. The number of nitrogens with zero attached hydrogens (tertiary/aromatic N) is 1. The largest absolute Gasteiger partial charge is 0.467 e. The monoisotopic (exact) mass is 442 g/mol. The zero-order valence-electron chi connectivity index (χ0n) is 16.4. The van der Waals surface area contributed by atoms with Crippen LogP contribution in [0.15, 0.2) is 34.9 Å². The van der Waals surface area contributed by atoms with Crippen molar-refractivity contribution in [3.63, 3.8) is 0 Å². The van der Waals surface area contributed by atoms with Crippen molar-refractivity contribution in [3.8, 4) is 0 Å². The van der Waals surface area contributed by atoms with Crippen LogP contribution in [0.4, 0.5) is 11.4 Å². The number of amides is 2. The molecular weight excluding hydrogens is 415 g/mol. The molecule has 0 unspecified atom stereocenters. The molecule has 2 heterocycles. The molecule has 4 N–H and O–H groups in total. The maximum Gasteiger partial charge on any atom is 0.258 e. The van der Waals surface area contributed by atoms with Crippen molar-refractivity contribution in [2.24, 2.45) is 5.73 Å². The Morgan fingerprint density at radius 3 is 2.48 bits per heavy atom. The van der Waals surface area contributed by atoms with Crippen LogP contribution >= 0.6 is 24.8 Å².